The van der Waals surface area contributed by atoms with Gasteiger partial charge in [-0.05, 0) is 67.6 Å². The van der Waals surface area contributed by atoms with Gasteiger partial charge in [0, 0.05) is 45.3 Å². The second kappa shape index (κ2) is 12.1. The van der Waals surface area contributed by atoms with E-state index in [1.807, 2.05) is 12.1 Å². The van der Waals surface area contributed by atoms with Gasteiger partial charge in [-0.2, -0.15) is 4.31 Å². The van der Waals surface area contributed by atoms with E-state index in [1.54, 1.807) is 50.4 Å². The number of carbonyl (C=O) groups is 1. The zero-order valence-corrected chi connectivity index (χ0v) is 23.2. The summed E-state index contributed by atoms with van der Waals surface area (Å²) in [7, 11) is -0.648. The first-order valence-electron chi connectivity index (χ1n) is 12.6. The van der Waals surface area contributed by atoms with Gasteiger partial charge in [-0.3, -0.25) is 9.78 Å². The lowest BCUT2D eigenvalue weighted by molar-refractivity contribution is -0.137. The van der Waals surface area contributed by atoms with Gasteiger partial charge < -0.3 is 18.9 Å². The predicted molar refractivity (Wildman–Crippen MR) is 142 cm³/mol. The Balaban J connectivity index is 1.25. The molecule has 0 spiro atoms. The molecule has 1 amide bonds. The minimum atomic E-state index is -3.71. The number of likely N-dealkylation sites (N-methyl/N-ethyl adjacent to an activating group) is 1. The Morgan fingerprint density at radius 3 is 2.50 bits per heavy atom. The molecule has 0 saturated carbocycles. The van der Waals surface area contributed by atoms with Crippen LogP contribution in [0.15, 0.2) is 47.8 Å². The highest BCUT2D eigenvalue weighted by molar-refractivity contribution is 7.89. The minimum absolute atomic E-state index is 0.107. The normalized spacial score (nSPS) is 13.6. The Morgan fingerprint density at radius 2 is 1.82 bits per heavy atom. The molecule has 0 bridgehead atoms. The van der Waals surface area contributed by atoms with Crippen molar-refractivity contribution in [1.29, 1.82) is 0 Å². The first-order valence-corrected chi connectivity index (χ1v) is 14.0. The van der Waals surface area contributed by atoms with E-state index in [9.17, 15) is 13.2 Å². The fourth-order valence-corrected chi connectivity index (χ4v) is 6.18. The summed E-state index contributed by atoms with van der Waals surface area (Å²) >= 11 is 0. The largest absolute Gasteiger partial charge is 0.497 e. The Bertz CT molecular complexity index is 1350. The number of methoxy groups -OCH3 is 1. The van der Waals surface area contributed by atoms with Crippen molar-refractivity contribution in [2.24, 2.45) is 0 Å². The lowest BCUT2D eigenvalue weighted by atomic mass is 10.1. The number of carbonyl (C=O) groups excluding carboxylic acids is 1. The van der Waals surface area contributed by atoms with Gasteiger partial charge in [-0.1, -0.05) is 0 Å². The zero-order chi connectivity index (χ0) is 27.3. The molecule has 3 heterocycles. The summed E-state index contributed by atoms with van der Waals surface area (Å²) in [6.45, 7) is 5.33. The van der Waals surface area contributed by atoms with Crippen LogP contribution in [0.3, 0.4) is 0 Å². The van der Waals surface area contributed by atoms with Crippen LogP contribution in [0.4, 0.5) is 0 Å². The molecule has 2 aromatic heterocycles. The molecule has 204 valence electrons. The number of aryl methyl sites for hydroxylation is 4. The molecule has 0 atom stereocenters. The van der Waals surface area contributed by atoms with E-state index in [4.69, 9.17) is 14.5 Å². The topological polar surface area (TPSA) is 107 Å². The molecule has 1 aromatic carbocycles. The average Bonchev–Trinajstić information content (AvgIpc) is 3.31. The summed E-state index contributed by atoms with van der Waals surface area (Å²) in [6.07, 6.45) is 7.36. The van der Waals surface area contributed by atoms with Crippen LogP contribution in [-0.4, -0.2) is 78.5 Å². The number of pyridine rings is 1. The maximum Gasteiger partial charge on any atom is 0.249 e. The van der Waals surface area contributed by atoms with E-state index in [0.29, 0.717) is 36.5 Å². The van der Waals surface area contributed by atoms with Gasteiger partial charge in [-0.15, -0.1) is 0 Å². The van der Waals surface area contributed by atoms with Crippen LogP contribution in [0.1, 0.15) is 28.2 Å². The molecular weight excluding hydrogens is 506 g/mol. The number of sulfonamides is 1. The lowest BCUT2D eigenvalue weighted by Gasteiger charge is -2.27. The quantitative estimate of drug-likeness (QED) is 0.343. The zero-order valence-electron chi connectivity index (χ0n) is 22.4. The molecule has 0 radical (unpaired) electrons. The Labute approximate surface area is 224 Å². The number of fused-ring (bicyclic) bond motifs is 1. The van der Waals surface area contributed by atoms with Crippen molar-refractivity contribution >= 4 is 15.9 Å². The smallest absolute Gasteiger partial charge is 0.249 e. The third-order valence-corrected chi connectivity index (χ3v) is 8.90. The van der Waals surface area contributed by atoms with Crippen LogP contribution >= 0.6 is 0 Å². The molecule has 4 rings (SSSR count). The molecule has 10 nitrogen and oxygen atoms in total. The highest BCUT2D eigenvalue weighted by atomic mass is 32.2. The van der Waals surface area contributed by atoms with E-state index in [1.165, 1.54) is 16.9 Å². The summed E-state index contributed by atoms with van der Waals surface area (Å²) < 4.78 is 40.4. The Hall–Kier alpha value is -3.28. The van der Waals surface area contributed by atoms with Gasteiger partial charge >= 0.3 is 0 Å². The maximum absolute atomic E-state index is 13.1. The van der Waals surface area contributed by atoms with Crippen LogP contribution in [0.2, 0.25) is 0 Å². The number of hydrogen-bond acceptors (Lipinski definition) is 7. The van der Waals surface area contributed by atoms with Crippen molar-refractivity contribution in [1.82, 2.24) is 23.7 Å². The average molecular weight is 542 g/mol. The number of imidazole rings is 1. The van der Waals surface area contributed by atoms with Gasteiger partial charge in [0.05, 0.1) is 30.9 Å². The van der Waals surface area contributed by atoms with E-state index < -0.39 is 10.0 Å². The fraction of sp³-hybridized carbons (Fsp3) is 0.444. The number of aromatic nitrogens is 3. The minimum Gasteiger partial charge on any atom is -0.497 e. The van der Waals surface area contributed by atoms with Crippen molar-refractivity contribution < 1.29 is 22.7 Å². The van der Waals surface area contributed by atoms with Crippen molar-refractivity contribution in [2.45, 2.75) is 44.7 Å². The van der Waals surface area contributed by atoms with Crippen molar-refractivity contribution in [3.63, 3.8) is 0 Å². The summed E-state index contributed by atoms with van der Waals surface area (Å²) in [5, 5.41) is 0. The predicted octanol–water partition coefficient (Wildman–Crippen LogP) is 2.37. The second-order valence-electron chi connectivity index (χ2n) is 9.48. The number of nitrogens with zero attached hydrogens (tertiary/aromatic N) is 5. The van der Waals surface area contributed by atoms with E-state index in [0.717, 1.165) is 24.4 Å². The number of ether oxygens (including phenoxy) is 2. The summed E-state index contributed by atoms with van der Waals surface area (Å²) in [5.74, 6) is 1.35. The van der Waals surface area contributed by atoms with Gasteiger partial charge in [0.15, 0.2) is 0 Å². The fourth-order valence-electron chi connectivity index (χ4n) is 4.62. The van der Waals surface area contributed by atoms with Crippen molar-refractivity contribution in [2.75, 3.05) is 40.5 Å². The number of benzene rings is 1. The molecule has 0 N–H and O–H groups in total. The Morgan fingerprint density at radius 1 is 1.11 bits per heavy atom. The van der Waals surface area contributed by atoms with Crippen LogP contribution in [0.25, 0.3) is 0 Å². The first-order chi connectivity index (χ1) is 18.2. The lowest BCUT2D eigenvalue weighted by Crippen LogP contribution is -2.40. The molecule has 11 heteroatoms. The molecule has 0 fully saturated rings. The third-order valence-electron chi connectivity index (χ3n) is 6.74. The molecule has 38 heavy (non-hydrogen) atoms. The van der Waals surface area contributed by atoms with E-state index in [2.05, 4.69) is 15.7 Å². The second-order valence-corrected chi connectivity index (χ2v) is 11.5. The van der Waals surface area contributed by atoms with Gasteiger partial charge in [0.25, 0.3) is 0 Å². The number of hydrogen-bond donors (Lipinski definition) is 0. The summed E-state index contributed by atoms with van der Waals surface area (Å²) in [4.78, 5) is 23.5. The third kappa shape index (κ3) is 6.40. The molecule has 3 aromatic rings. The van der Waals surface area contributed by atoms with Gasteiger partial charge in [0.2, 0.25) is 15.9 Å². The highest BCUT2D eigenvalue weighted by Gasteiger charge is 2.26. The highest BCUT2D eigenvalue weighted by Crippen LogP contribution is 2.27. The van der Waals surface area contributed by atoms with Gasteiger partial charge in [0.1, 0.15) is 18.2 Å². The molecule has 1 aliphatic heterocycles. The summed E-state index contributed by atoms with van der Waals surface area (Å²) in [6, 6.07) is 7.42. The number of rotatable bonds is 11. The van der Waals surface area contributed by atoms with Crippen molar-refractivity contribution in [3.05, 3.63) is 71.1 Å². The molecule has 1 aliphatic rings. The monoisotopic (exact) mass is 541 g/mol. The summed E-state index contributed by atoms with van der Waals surface area (Å²) in [5.41, 5.74) is 3.46. The van der Waals surface area contributed by atoms with Crippen LogP contribution < -0.4 is 4.74 Å². The Kier molecular flexibility index (Phi) is 8.80. The SMILES string of the molecule is COc1cc(C)c(S(=O)(=O)N(C)CCOCC(=O)N2CCn3cc(CCc4ccncc4)nc3C2)c(C)c1. The van der Waals surface area contributed by atoms with Crippen LogP contribution in [-0.2, 0) is 45.5 Å². The molecule has 0 saturated heterocycles. The first kappa shape index (κ1) is 27.7. The number of amides is 1. The van der Waals surface area contributed by atoms with E-state index in [-0.39, 0.29) is 30.6 Å². The van der Waals surface area contributed by atoms with E-state index >= 15 is 0 Å². The maximum atomic E-state index is 13.1. The van der Waals surface area contributed by atoms with Crippen LogP contribution in [0.5, 0.6) is 5.75 Å². The molecular formula is C27H35N5O5S. The van der Waals surface area contributed by atoms with Crippen LogP contribution in [0, 0.1) is 13.8 Å². The van der Waals surface area contributed by atoms with Gasteiger partial charge in [-0.25, -0.2) is 13.4 Å². The molecule has 0 unspecified atom stereocenters. The van der Waals surface area contributed by atoms with Crippen molar-refractivity contribution in [3.8, 4) is 5.75 Å². The standard InChI is InChI=1S/C27H35N5O5S/c1-20-15-24(36-4)16-21(2)27(20)38(34,35)30(3)13-14-37-19-26(33)32-12-11-31-17-23(29-25(31)18-32)6-5-22-7-9-28-10-8-22/h7-10,15-17H,5-6,11-14,18-19H2,1-4H3. The molecule has 0 aliphatic carbocycles.